The van der Waals surface area contributed by atoms with Crippen LogP contribution in [0.2, 0.25) is 0 Å². The molecule has 0 saturated carbocycles. The normalized spacial score (nSPS) is 12.9. The minimum Gasteiger partial charge on any atom is -0.380 e. The van der Waals surface area contributed by atoms with Crippen LogP contribution in [0.1, 0.15) is 24.6 Å². The number of nitrogens with two attached hydrogens (primary N) is 1. The number of aryl methyl sites for hydroxylation is 1. The van der Waals surface area contributed by atoms with Crippen molar-refractivity contribution in [3.8, 4) is 11.6 Å². The van der Waals surface area contributed by atoms with E-state index < -0.39 is 6.04 Å². The summed E-state index contributed by atoms with van der Waals surface area (Å²) in [5.74, 6) is 1.37. The van der Waals surface area contributed by atoms with Gasteiger partial charge in [-0.1, -0.05) is 10.3 Å². The highest BCUT2D eigenvalue weighted by Gasteiger charge is 2.17. The molecule has 7 nitrogen and oxygen atoms in total. The van der Waals surface area contributed by atoms with E-state index in [-0.39, 0.29) is 0 Å². The van der Waals surface area contributed by atoms with E-state index in [1.54, 1.807) is 13.0 Å². The van der Waals surface area contributed by atoms with Crippen LogP contribution in [0, 0.1) is 6.92 Å². The van der Waals surface area contributed by atoms with Crippen LogP contribution in [0.25, 0.3) is 11.6 Å². The van der Waals surface area contributed by atoms with Crippen molar-refractivity contribution in [2.75, 3.05) is 13.2 Å². The minimum atomic E-state index is -0.402. The SMILES string of the molecule is CCOCC(N)c1noc(-c2cc(C)on2)n1. The predicted molar refractivity (Wildman–Crippen MR) is 58.0 cm³/mol. The number of ether oxygens (including phenoxy) is 1. The molecule has 0 amide bonds. The molecule has 17 heavy (non-hydrogen) atoms. The summed E-state index contributed by atoms with van der Waals surface area (Å²) in [7, 11) is 0. The highest BCUT2D eigenvalue weighted by Crippen LogP contribution is 2.18. The van der Waals surface area contributed by atoms with Crippen molar-refractivity contribution in [2.45, 2.75) is 19.9 Å². The van der Waals surface area contributed by atoms with E-state index in [4.69, 9.17) is 19.5 Å². The molecule has 1 atom stereocenters. The van der Waals surface area contributed by atoms with Crippen LogP contribution < -0.4 is 5.73 Å². The van der Waals surface area contributed by atoms with Gasteiger partial charge in [-0.2, -0.15) is 4.98 Å². The van der Waals surface area contributed by atoms with Crippen LogP contribution in [0.3, 0.4) is 0 Å². The van der Waals surface area contributed by atoms with E-state index in [9.17, 15) is 0 Å². The van der Waals surface area contributed by atoms with E-state index in [1.807, 2.05) is 6.92 Å². The fraction of sp³-hybridized carbons (Fsp3) is 0.500. The van der Waals surface area contributed by atoms with E-state index in [1.165, 1.54) is 0 Å². The van der Waals surface area contributed by atoms with Gasteiger partial charge in [-0.05, 0) is 13.8 Å². The van der Waals surface area contributed by atoms with Crippen LogP contribution in [0.4, 0.5) is 0 Å². The monoisotopic (exact) mass is 238 g/mol. The first-order valence-electron chi connectivity index (χ1n) is 5.31. The van der Waals surface area contributed by atoms with Gasteiger partial charge in [-0.25, -0.2) is 0 Å². The molecule has 0 aliphatic rings. The Morgan fingerprint density at radius 1 is 1.41 bits per heavy atom. The molecule has 2 aromatic rings. The molecule has 0 aromatic carbocycles. The van der Waals surface area contributed by atoms with Gasteiger partial charge in [-0.15, -0.1) is 0 Å². The highest BCUT2D eigenvalue weighted by molar-refractivity contribution is 5.45. The first-order chi connectivity index (χ1) is 8.20. The number of hydrogen-bond acceptors (Lipinski definition) is 7. The van der Waals surface area contributed by atoms with Gasteiger partial charge in [0.1, 0.15) is 5.76 Å². The summed E-state index contributed by atoms with van der Waals surface area (Å²) in [6, 6.07) is 1.31. The minimum absolute atomic E-state index is 0.295. The Labute approximate surface area is 97.9 Å². The van der Waals surface area contributed by atoms with Gasteiger partial charge in [0.25, 0.3) is 5.89 Å². The standard InChI is InChI=1S/C10H14N4O3/c1-3-15-5-7(11)9-12-10(17-14-9)8-4-6(2)16-13-8/h4,7H,3,5,11H2,1-2H3. The van der Waals surface area contributed by atoms with Crippen LogP contribution >= 0.6 is 0 Å². The van der Waals surface area contributed by atoms with E-state index in [2.05, 4.69) is 15.3 Å². The number of nitrogens with zero attached hydrogens (tertiary/aromatic N) is 3. The quantitative estimate of drug-likeness (QED) is 0.831. The first kappa shape index (κ1) is 11.7. The summed E-state index contributed by atoms with van der Waals surface area (Å²) in [5.41, 5.74) is 6.33. The van der Waals surface area contributed by atoms with Gasteiger partial charge in [0.05, 0.1) is 12.6 Å². The molecule has 0 bridgehead atoms. The van der Waals surface area contributed by atoms with Crippen molar-refractivity contribution in [1.82, 2.24) is 15.3 Å². The summed E-state index contributed by atoms with van der Waals surface area (Å²) in [4.78, 5) is 4.14. The topological polar surface area (TPSA) is 100 Å². The molecule has 0 radical (unpaired) electrons. The lowest BCUT2D eigenvalue weighted by atomic mass is 10.3. The van der Waals surface area contributed by atoms with E-state index in [0.717, 1.165) is 0 Å². The zero-order valence-corrected chi connectivity index (χ0v) is 9.71. The van der Waals surface area contributed by atoms with Gasteiger partial charge in [0, 0.05) is 12.7 Å². The maximum Gasteiger partial charge on any atom is 0.280 e. The predicted octanol–water partition coefficient (Wildman–Crippen LogP) is 1.07. The highest BCUT2D eigenvalue weighted by atomic mass is 16.5. The van der Waals surface area contributed by atoms with Crippen LogP contribution in [-0.4, -0.2) is 28.5 Å². The number of aromatic nitrogens is 3. The third-order valence-electron chi connectivity index (χ3n) is 2.12. The summed E-state index contributed by atoms with van der Waals surface area (Å²) < 4.78 is 15.2. The van der Waals surface area contributed by atoms with Crippen LogP contribution in [0.5, 0.6) is 0 Å². The largest absolute Gasteiger partial charge is 0.380 e. The average molecular weight is 238 g/mol. The second-order valence-electron chi connectivity index (χ2n) is 3.55. The lowest BCUT2D eigenvalue weighted by Gasteiger charge is -2.05. The maximum absolute atomic E-state index is 5.82. The Morgan fingerprint density at radius 3 is 2.88 bits per heavy atom. The molecule has 0 spiro atoms. The van der Waals surface area contributed by atoms with Gasteiger partial charge >= 0.3 is 0 Å². The molecule has 2 N–H and O–H groups in total. The average Bonchev–Trinajstić information content (AvgIpc) is 2.93. The maximum atomic E-state index is 5.82. The Kier molecular flexibility index (Phi) is 3.50. The first-order valence-corrected chi connectivity index (χ1v) is 5.31. The van der Waals surface area contributed by atoms with Crippen molar-refractivity contribution in [3.05, 3.63) is 17.7 Å². The molecule has 0 aliphatic carbocycles. The molecule has 92 valence electrons. The van der Waals surface area contributed by atoms with Gasteiger partial charge < -0.3 is 19.5 Å². The lowest BCUT2D eigenvalue weighted by Crippen LogP contribution is -2.18. The van der Waals surface area contributed by atoms with E-state index >= 15 is 0 Å². The molecule has 2 aromatic heterocycles. The molecule has 1 unspecified atom stereocenters. The second-order valence-corrected chi connectivity index (χ2v) is 3.55. The Bertz CT molecular complexity index is 479. The molecule has 0 fully saturated rings. The molecular formula is C10H14N4O3. The summed E-state index contributed by atoms with van der Waals surface area (Å²) in [6.45, 7) is 4.63. The Hall–Kier alpha value is -1.73. The summed E-state index contributed by atoms with van der Waals surface area (Å²) in [6.07, 6.45) is 0. The second kappa shape index (κ2) is 5.07. The fourth-order valence-electron chi connectivity index (χ4n) is 1.28. The van der Waals surface area contributed by atoms with Crippen LogP contribution in [0.15, 0.2) is 15.1 Å². The lowest BCUT2D eigenvalue weighted by molar-refractivity contribution is 0.130. The third kappa shape index (κ3) is 2.69. The number of rotatable bonds is 5. The molecule has 0 aliphatic heterocycles. The van der Waals surface area contributed by atoms with Crippen molar-refractivity contribution < 1.29 is 13.8 Å². The molecule has 2 rings (SSSR count). The third-order valence-corrected chi connectivity index (χ3v) is 2.12. The smallest absolute Gasteiger partial charge is 0.280 e. The van der Waals surface area contributed by atoms with Crippen molar-refractivity contribution in [2.24, 2.45) is 5.73 Å². The summed E-state index contributed by atoms with van der Waals surface area (Å²) >= 11 is 0. The van der Waals surface area contributed by atoms with Gasteiger partial charge in [-0.3, -0.25) is 0 Å². The van der Waals surface area contributed by atoms with Crippen LogP contribution in [-0.2, 0) is 4.74 Å². The molecular weight excluding hydrogens is 224 g/mol. The van der Waals surface area contributed by atoms with Gasteiger partial charge in [0.2, 0.25) is 0 Å². The zero-order valence-electron chi connectivity index (χ0n) is 9.71. The number of hydrogen-bond donors (Lipinski definition) is 1. The Morgan fingerprint density at radius 2 is 2.24 bits per heavy atom. The molecule has 7 heteroatoms. The van der Waals surface area contributed by atoms with Crippen molar-refractivity contribution in [1.29, 1.82) is 0 Å². The molecule has 2 heterocycles. The molecule has 0 saturated heterocycles. The van der Waals surface area contributed by atoms with E-state index in [0.29, 0.717) is 36.4 Å². The fourth-order valence-corrected chi connectivity index (χ4v) is 1.28. The summed E-state index contributed by atoms with van der Waals surface area (Å²) in [5, 5.41) is 7.56. The van der Waals surface area contributed by atoms with Gasteiger partial charge in [0.15, 0.2) is 11.5 Å². The Balaban J connectivity index is 2.10. The zero-order chi connectivity index (χ0) is 12.3. The van der Waals surface area contributed by atoms with Crippen molar-refractivity contribution in [3.63, 3.8) is 0 Å². The van der Waals surface area contributed by atoms with Crippen molar-refractivity contribution >= 4 is 0 Å².